The zero-order chi connectivity index (χ0) is 15.5. The minimum atomic E-state index is -0.247. The first kappa shape index (κ1) is 14.8. The molecule has 1 aromatic heterocycles. The van der Waals surface area contributed by atoms with Gasteiger partial charge in [-0.1, -0.05) is 19.1 Å². The number of likely N-dealkylation sites (tertiary alicyclic amines) is 1. The van der Waals surface area contributed by atoms with E-state index in [2.05, 4.69) is 0 Å². The molecule has 0 N–H and O–H groups in total. The van der Waals surface area contributed by atoms with Crippen LogP contribution >= 0.6 is 0 Å². The Morgan fingerprint density at radius 1 is 1.36 bits per heavy atom. The molecule has 0 radical (unpaired) electrons. The molecular weight excluding hydrogens is 281 g/mol. The molecule has 1 aliphatic heterocycles. The standard InChI is InChI=1S/C18H20FNO2/c1-13(14-4-6-16(19)7-5-14)11-18(21)20-9-8-15(12-20)17-3-2-10-22-17/h2-7,10,13,15H,8-9,11-12H2,1H3. The number of furan rings is 1. The molecule has 1 saturated heterocycles. The van der Waals surface area contributed by atoms with E-state index in [1.54, 1.807) is 18.4 Å². The van der Waals surface area contributed by atoms with Gasteiger partial charge in [-0.3, -0.25) is 4.79 Å². The highest BCUT2D eigenvalue weighted by molar-refractivity contribution is 5.77. The molecule has 116 valence electrons. The van der Waals surface area contributed by atoms with Crippen molar-refractivity contribution >= 4 is 5.91 Å². The Labute approximate surface area is 129 Å². The molecule has 0 saturated carbocycles. The van der Waals surface area contributed by atoms with E-state index in [-0.39, 0.29) is 17.6 Å². The molecular formula is C18H20FNO2. The number of hydrogen-bond donors (Lipinski definition) is 0. The van der Waals surface area contributed by atoms with Crippen molar-refractivity contribution in [2.45, 2.75) is 31.6 Å². The average molecular weight is 301 g/mol. The summed E-state index contributed by atoms with van der Waals surface area (Å²) in [6.45, 7) is 3.51. The molecule has 0 spiro atoms. The van der Waals surface area contributed by atoms with Crippen LogP contribution in [0.4, 0.5) is 4.39 Å². The molecule has 3 rings (SSSR count). The predicted octanol–water partition coefficient (Wildman–Crippen LogP) is 3.93. The van der Waals surface area contributed by atoms with Crippen molar-refractivity contribution < 1.29 is 13.6 Å². The van der Waals surface area contributed by atoms with Crippen LogP contribution in [0.2, 0.25) is 0 Å². The first-order chi connectivity index (χ1) is 10.6. The number of amides is 1. The highest BCUT2D eigenvalue weighted by atomic mass is 19.1. The van der Waals surface area contributed by atoms with Gasteiger partial charge in [-0.2, -0.15) is 0 Å². The lowest BCUT2D eigenvalue weighted by Crippen LogP contribution is -2.29. The lowest BCUT2D eigenvalue weighted by molar-refractivity contribution is -0.130. The summed E-state index contributed by atoms with van der Waals surface area (Å²) >= 11 is 0. The number of halogens is 1. The molecule has 22 heavy (non-hydrogen) atoms. The van der Waals surface area contributed by atoms with Crippen molar-refractivity contribution in [3.63, 3.8) is 0 Å². The molecule has 1 aliphatic rings. The first-order valence-corrected chi connectivity index (χ1v) is 7.70. The van der Waals surface area contributed by atoms with E-state index in [0.717, 1.165) is 30.8 Å². The fourth-order valence-corrected chi connectivity index (χ4v) is 3.04. The Kier molecular flexibility index (Phi) is 4.27. The third-order valence-electron chi connectivity index (χ3n) is 4.41. The van der Waals surface area contributed by atoms with Gasteiger partial charge in [0.15, 0.2) is 0 Å². The summed E-state index contributed by atoms with van der Waals surface area (Å²) < 4.78 is 18.4. The summed E-state index contributed by atoms with van der Waals surface area (Å²) in [7, 11) is 0. The van der Waals surface area contributed by atoms with E-state index in [1.807, 2.05) is 24.0 Å². The van der Waals surface area contributed by atoms with E-state index in [1.165, 1.54) is 12.1 Å². The monoisotopic (exact) mass is 301 g/mol. The fourth-order valence-electron chi connectivity index (χ4n) is 3.04. The molecule has 2 aromatic rings. The smallest absolute Gasteiger partial charge is 0.223 e. The van der Waals surface area contributed by atoms with Crippen LogP contribution in [0, 0.1) is 5.82 Å². The minimum absolute atomic E-state index is 0.0933. The van der Waals surface area contributed by atoms with Crippen molar-refractivity contribution in [3.05, 3.63) is 59.8 Å². The van der Waals surface area contributed by atoms with Crippen molar-refractivity contribution in [1.29, 1.82) is 0 Å². The van der Waals surface area contributed by atoms with Gasteiger partial charge in [-0.15, -0.1) is 0 Å². The van der Waals surface area contributed by atoms with Gasteiger partial charge in [0.05, 0.1) is 6.26 Å². The average Bonchev–Trinajstić information content (AvgIpc) is 3.19. The number of rotatable bonds is 4. The number of carbonyl (C=O) groups is 1. The summed E-state index contributed by atoms with van der Waals surface area (Å²) in [6.07, 6.45) is 3.08. The Morgan fingerprint density at radius 3 is 2.82 bits per heavy atom. The number of benzene rings is 1. The van der Waals surface area contributed by atoms with Crippen molar-refractivity contribution in [1.82, 2.24) is 4.90 Å². The molecule has 2 heterocycles. The third kappa shape index (κ3) is 3.21. The quantitative estimate of drug-likeness (QED) is 0.857. The van der Waals surface area contributed by atoms with Gasteiger partial charge < -0.3 is 9.32 Å². The topological polar surface area (TPSA) is 33.5 Å². The summed E-state index contributed by atoms with van der Waals surface area (Å²) in [5, 5.41) is 0. The lowest BCUT2D eigenvalue weighted by atomic mass is 9.97. The van der Waals surface area contributed by atoms with E-state index in [9.17, 15) is 9.18 Å². The fraction of sp³-hybridized carbons (Fsp3) is 0.389. The van der Waals surface area contributed by atoms with Crippen LogP contribution in [0.15, 0.2) is 47.1 Å². The van der Waals surface area contributed by atoms with Gasteiger partial charge in [0.2, 0.25) is 5.91 Å². The number of carbonyl (C=O) groups excluding carboxylic acids is 1. The number of hydrogen-bond acceptors (Lipinski definition) is 2. The maximum atomic E-state index is 13.0. The van der Waals surface area contributed by atoms with Crippen molar-refractivity contribution in [2.75, 3.05) is 13.1 Å². The molecule has 1 amide bonds. The molecule has 1 fully saturated rings. The Morgan fingerprint density at radius 2 is 2.14 bits per heavy atom. The van der Waals surface area contributed by atoms with Crippen molar-refractivity contribution in [2.24, 2.45) is 0 Å². The summed E-state index contributed by atoms with van der Waals surface area (Å²) in [6, 6.07) is 10.3. The zero-order valence-corrected chi connectivity index (χ0v) is 12.7. The molecule has 3 nitrogen and oxygen atoms in total. The number of nitrogens with zero attached hydrogens (tertiary/aromatic N) is 1. The van der Waals surface area contributed by atoms with Gasteiger partial charge in [0.1, 0.15) is 11.6 Å². The highest BCUT2D eigenvalue weighted by Gasteiger charge is 2.29. The Hall–Kier alpha value is -2.10. The molecule has 2 unspecified atom stereocenters. The Balaban J connectivity index is 1.57. The zero-order valence-electron chi connectivity index (χ0n) is 12.7. The molecule has 2 atom stereocenters. The molecule has 1 aromatic carbocycles. The Bertz CT molecular complexity index is 621. The second-order valence-electron chi connectivity index (χ2n) is 6.00. The second-order valence-corrected chi connectivity index (χ2v) is 6.00. The van der Waals surface area contributed by atoms with E-state index < -0.39 is 0 Å². The van der Waals surface area contributed by atoms with Gasteiger partial charge in [0, 0.05) is 25.4 Å². The molecule has 4 heteroatoms. The van der Waals surface area contributed by atoms with Crippen LogP contribution in [0.1, 0.15) is 42.9 Å². The first-order valence-electron chi connectivity index (χ1n) is 7.70. The maximum absolute atomic E-state index is 13.0. The lowest BCUT2D eigenvalue weighted by Gasteiger charge is -2.19. The van der Waals surface area contributed by atoms with Crippen LogP contribution in [0.5, 0.6) is 0 Å². The molecule has 0 bridgehead atoms. The van der Waals surface area contributed by atoms with Crippen LogP contribution in [-0.2, 0) is 4.79 Å². The molecule has 0 aliphatic carbocycles. The highest BCUT2D eigenvalue weighted by Crippen LogP contribution is 2.29. The van der Waals surface area contributed by atoms with Gasteiger partial charge in [-0.25, -0.2) is 4.39 Å². The summed E-state index contributed by atoms with van der Waals surface area (Å²) in [5.41, 5.74) is 0.997. The predicted molar refractivity (Wildman–Crippen MR) is 82.1 cm³/mol. The second kappa shape index (κ2) is 6.34. The summed E-state index contributed by atoms with van der Waals surface area (Å²) in [5.74, 6) is 1.27. The minimum Gasteiger partial charge on any atom is -0.469 e. The van der Waals surface area contributed by atoms with E-state index in [4.69, 9.17) is 4.42 Å². The van der Waals surface area contributed by atoms with Gasteiger partial charge >= 0.3 is 0 Å². The normalized spacial score (nSPS) is 19.4. The third-order valence-corrected chi connectivity index (χ3v) is 4.41. The van der Waals surface area contributed by atoms with Crippen LogP contribution < -0.4 is 0 Å². The van der Waals surface area contributed by atoms with Crippen LogP contribution in [0.3, 0.4) is 0 Å². The SMILES string of the molecule is CC(CC(=O)N1CCC(c2ccco2)C1)c1ccc(F)cc1. The van der Waals surface area contributed by atoms with Crippen LogP contribution in [0.25, 0.3) is 0 Å². The largest absolute Gasteiger partial charge is 0.469 e. The van der Waals surface area contributed by atoms with Crippen molar-refractivity contribution in [3.8, 4) is 0 Å². The van der Waals surface area contributed by atoms with Crippen LogP contribution in [-0.4, -0.2) is 23.9 Å². The maximum Gasteiger partial charge on any atom is 0.223 e. The van der Waals surface area contributed by atoms with E-state index in [0.29, 0.717) is 12.3 Å². The summed E-state index contributed by atoms with van der Waals surface area (Å²) in [4.78, 5) is 14.3. The van der Waals surface area contributed by atoms with Gasteiger partial charge in [-0.05, 0) is 42.2 Å². The van der Waals surface area contributed by atoms with E-state index >= 15 is 0 Å². The van der Waals surface area contributed by atoms with Gasteiger partial charge in [0.25, 0.3) is 0 Å².